The first-order valence-corrected chi connectivity index (χ1v) is 4.51. The number of aldehydes is 1. The molecule has 0 N–H and O–H groups in total. The van der Waals surface area contributed by atoms with Crippen LogP contribution in [-0.4, -0.2) is 19.4 Å². The Morgan fingerprint density at radius 2 is 2.27 bits per heavy atom. The van der Waals surface area contributed by atoms with Crippen molar-refractivity contribution in [3.8, 4) is 5.75 Å². The smallest absolute Gasteiger partial charge is 0.342 e. The molecule has 0 unspecified atom stereocenters. The number of benzene rings is 1. The van der Waals surface area contributed by atoms with Gasteiger partial charge in [-0.25, -0.2) is 4.79 Å². The number of cyclic esters (lactones) is 1. The standard InChI is InChI=1S/C11H10O4/c1-6-3-7(4-12)8-5-15-11(13)9(8)10(6)14-2/h3-4H,5H2,1-2H3. The minimum absolute atomic E-state index is 0.152. The number of esters is 1. The third-order valence-corrected chi connectivity index (χ3v) is 2.49. The first-order chi connectivity index (χ1) is 7.19. The second kappa shape index (κ2) is 3.38. The van der Waals surface area contributed by atoms with Crippen molar-refractivity contribution in [3.63, 3.8) is 0 Å². The average molecular weight is 206 g/mol. The van der Waals surface area contributed by atoms with Gasteiger partial charge in [-0.1, -0.05) is 0 Å². The van der Waals surface area contributed by atoms with Crippen LogP contribution in [0.25, 0.3) is 0 Å². The van der Waals surface area contributed by atoms with E-state index in [1.807, 2.05) is 0 Å². The highest BCUT2D eigenvalue weighted by Gasteiger charge is 2.29. The Hall–Kier alpha value is -1.84. The summed E-state index contributed by atoms with van der Waals surface area (Å²) in [5.74, 6) is 0.0757. The molecule has 1 aliphatic heterocycles. The predicted molar refractivity (Wildman–Crippen MR) is 52.2 cm³/mol. The van der Waals surface area contributed by atoms with E-state index in [1.165, 1.54) is 7.11 Å². The summed E-state index contributed by atoms with van der Waals surface area (Å²) in [6.45, 7) is 1.94. The number of hydrogen-bond donors (Lipinski definition) is 0. The van der Waals surface area contributed by atoms with Crippen LogP contribution < -0.4 is 4.74 Å². The molecule has 0 bridgehead atoms. The normalized spacial score (nSPS) is 13.3. The van der Waals surface area contributed by atoms with E-state index in [0.29, 0.717) is 22.4 Å². The molecule has 1 aromatic carbocycles. The SMILES string of the molecule is COc1c(C)cc(C=O)c2c1C(=O)OC2. The Morgan fingerprint density at radius 3 is 2.87 bits per heavy atom. The molecule has 1 aromatic rings. The lowest BCUT2D eigenvalue weighted by molar-refractivity contribution is 0.0532. The number of ether oxygens (including phenoxy) is 2. The fraction of sp³-hybridized carbons (Fsp3) is 0.273. The lowest BCUT2D eigenvalue weighted by atomic mass is 9.99. The second-order valence-corrected chi connectivity index (χ2v) is 3.36. The summed E-state index contributed by atoms with van der Waals surface area (Å²) in [7, 11) is 1.49. The van der Waals surface area contributed by atoms with E-state index < -0.39 is 5.97 Å². The van der Waals surface area contributed by atoms with Crippen molar-refractivity contribution < 1.29 is 19.1 Å². The van der Waals surface area contributed by atoms with Gasteiger partial charge < -0.3 is 9.47 Å². The molecule has 0 saturated carbocycles. The monoisotopic (exact) mass is 206 g/mol. The molecule has 0 saturated heterocycles. The molecule has 0 aliphatic carbocycles. The summed E-state index contributed by atoms with van der Waals surface area (Å²) in [4.78, 5) is 22.3. The Morgan fingerprint density at radius 1 is 1.53 bits per heavy atom. The fourth-order valence-corrected chi connectivity index (χ4v) is 1.81. The number of rotatable bonds is 2. The van der Waals surface area contributed by atoms with E-state index in [9.17, 15) is 9.59 Å². The molecule has 0 amide bonds. The highest BCUT2D eigenvalue weighted by molar-refractivity contribution is 6.00. The van der Waals surface area contributed by atoms with E-state index in [4.69, 9.17) is 9.47 Å². The Kier molecular flexibility index (Phi) is 2.19. The van der Waals surface area contributed by atoms with Crippen molar-refractivity contribution in [2.45, 2.75) is 13.5 Å². The summed E-state index contributed by atoms with van der Waals surface area (Å²) < 4.78 is 10.0. The van der Waals surface area contributed by atoms with E-state index in [-0.39, 0.29) is 6.61 Å². The molecule has 4 nitrogen and oxygen atoms in total. The summed E-state index contributed by atoms with van der Waals surface area (Å²) in [6.07, 6.45) is 0.729. The number of carbonyl (C=O) groups excluding carboxylic acids is 2. The van der Waals surface area contributed by atoms with Crippen molar-refractivity contribution in [3.05, 3.63) is 28.3 Å². The van der Waals surface area contributed by atoms with Gasteiger partial charge in [-0.2, -0.15) is 0 Å². The van der Waals surface area contributed by atoms with Gasteiger partial charge in [0, 0.05) is 11.1 Å². The molecule has 0 radical (unpaired) electrons. The Bertz CT molecular complexity index is 448. The quantitative estimate of drug-likeness (QED) is 0.543. The van der Waals surface area contributed by atoms with Gasteiger partial charge >= 0.3 is 5.97 Å². The largest absolute Gasteiger partial charge is 0.496 e. The van der Waals surface area contributed by atoms with Crippen LogP contribution in [0.1, 0.15) is 31.8 Å². The van der Waals surface area contributed by atoms with Gasteiger partial charge in [-0.05, 0) is 18.6 Å². The summed E-state index contributed by atoms with van der Waals surface area (Å²) in [6, 6.07) is 1.70. The number of methoxy groups -OCH3 is 1. The van der Waals surface area contributed by atoms with Crippen LogP contribution in [0.5, 0.6) is 5.75 Å². The number of hydrogen-bond acceptors (Lipinski definition) is 4. The van der Waals surface area contributed by atoms with E-state index >= 15 is 0 Å². The minimum Gasteiger partial charge on any atom is -0.496 e. The summed E-state index contributed by atoms with van der Waals surface area (Å²) in [5, 5.41) is 0. The predicted octanol–water partition coefficient (Wildman–Crippen LogP) is 1.49. The van der Waals surface area contributed by atoms with Crippen molar-refractivity contribution in [2.75, 3.05) is 7.11 Å². The molecule has 2 rings (SSSR count). The number of fused-ring (bicyclic) bond motifs is 1. The topological polar surface area (TPSA) is 52.6 Å². The van der Waals surface area contributed by atoms with Crippen molar-refractivity contribution in [1.29, 1.82) is 0 Å². The molecular weight excluding hydrogens is 196 g/mol. The van der Waals surface area contributed by atoms with Crippen LogP contribution in [0, 0.1) is 6.92 Å². The highest BCUT2D eigenvalue weighted by atomic mass is 16.5. The molecule has 1 heterocycles. The van der Waals surface area contributed by atoms with Gasteiger partial charge in [-0.15, -0.1) is 0 Å². The first kappa shape index (κ1) is 9.71. The van der Waals surface area contributed by atoms with Crippen molar-refractivity contribution in [2.24, 2.45) is 0 Å². The first-order valence-electron chi connectivity index (χ1n) is 4.51. The molecule has 0 aromatic heterocycles. The molecule has 0 spiro atoms. The maximum absolute atomic E-state index is 11.4. The maximum atomic E-state index is 11.4. The molecule has 4 heteroatoms. The van der Waals surface area contributed by atoms with Crippen molar-refractivity contribution >= 4 is 12.3 Å². The lowest BCUT2D eigenvalue weighted by Crippen LogP contribution is -2.02. The highest BCUT2D eigenvalue weighted by Crippen LogP contribution is 2.34. The zero-order valence-electron chi connectivity index (χ0n) is 8.49. The molecular formula is C11H10O4. The van der Waals surface area contributed by atoms with Crippen LogP contribution in [0.3, 0.4) is 0 Å². The van der Waals surface area contributed by atoms with Crippen LogP contribution in [0.2, 0.25) is 0 Å². The molecule has 0 atom stereocenters. The molecule has 15 heavy (non-hydrogen) atoms. The summed E-state index contributed by atoms with van der Waals surface area (Å²) in [5.41, 5.74) is 2.27. The van der Waals surface area contributed by atoms with Gasteiger partial charge in [0.15, 0.2) is 0 Å². The molecule has 78 valence electrons. The van der Waals surface area contributed by atoms with Crippen LogP contribution >= 0.6 is 0 Å². The summed E-state index contributed by atoms with van der Waals surface area (Å²) >= 11 is 0. The molecule has 1 aliphatic rings. The van der Waals surface area contributed by atoms with Crippen molar-refractivity contribution in [1.82, 2.24) is 0 Å². The van der Waals surface area contributed by atoms with Gasteiger partial charge in [0.1, 0.15) is 24.2 Å². The van der Waals surface area contributed by atoms with E-state index in [2.05, 4.69) is 0 Å². The second-order valence-electron chi connectivity index (χ2n) is 3.36. The Balaban J connectivity index is 2.76. The molecule has 0 fully saturated rings. The maximum Gasteiger partial charge on any atom is 0.342 e. The van der Waals surface area contributed by atoms with Gasteiger partial charge in [0.05, 0.1) is 7.11 Å². The minimum atomic E-state index is -0.423. The third-order valence-electron chi connectivity index (χ3n) is 2.49. The lowest BCUT2D eigenvalue weighted by Gasteiger charge is -2.09. The Labute approximate surface area is 86.8 Å². The van der Waals surface area contributed by atoms with Crippen LogP contribution in [0.15, 0.2) is 6.07 Å². The third kappa shape index (κ3) is 1.29. The van der Waals surface area contributed by atoms with E-state index in [0.717, 1.165) is 11.8 Å². The fourth-order valence-electron chi connectivity index (χ4n) is 1.81. The van der Waals surface area contributed by atoms with Gasteiger partial charge in [0.25, 0.3) is 0 Å². The zero-order chi connectivity index (χ0) is 11.0. The zero-order valence-corrected chi connectivity index (χ0v) is 8.49. The van der Waals surface area contributed by atoms with Gasteiger partial charge in [0.2, 0.25) is 0 Å². The number of carbonyl (C=O) groups is 2. The van der Waals surface area contributed by atoms with Crippen LogP contribution in [0.4, 0.5) is 0 Å². The van der Waals surface area contributed by atoms with Gasteiger partial charge in [-0.3, -0.25) is 4.79 Å². The van der Waals surface area contributed by atoms with Crippen LogP contribution in [-0.2, 0) is 11.3 Å². The average Bonchev–Trinajstić information content (AvgIpc) is 2.60. The van der Waals surface area contributed by atoms with E-state index in [1.54, 1.807) is 13.0 Å². The number of aryl methyl sites for hydroxylation is 1.